The van der Waals surface area contributed by atoms with E-state index in [-0.39, 0.29) is 0 Å². The summed E-state index contributed by atoms with van der Waals surface area (Å²) in [6.45, 7) is 4.95. The Morgan fingerprint density at radius 3 is 2.50 bits per heavy atom. The number of aryl methyl sites for hydroxylation is 2. The molecule has 1 aromatic carbocycles. The third kappa shape index (κ3) is 3.91. The van der Waals surface area contributed by atoms with Crippen molar-refractivity contribution < 1.29 is 0 Å². The van der Waals surface area contributed by atoms with E-state index in [0.29, 0.717) is 6.54 Å². The highest BCUT2D eigenvalue weighted by molar-refractivity contribution is 8.02. The van der Waals surface area contributed by atoms with Gasteiger partial charge in [0.25, 0.3) is 0 Å². The molecule has 0 aliphatic carbocycles. The first kappa shape index (κ1) is 13.1. The topological polar surface area (TPSA) is 52.0 Å². The van der Waals surface area contributed by atoms with Crippen LogP contribution in [-0.4, -0.2) is 12.3 Å². The molecule has 2 nitrogen and oxygen atoms in total. The first-order valence-electron chi connectivity index (χ1n) is 5.46. The Balaban J connectivity index is 2.69. The van der Waals surface area contributed by atoms with E-state index in [9.17, 15) is 0 Å². The average Bonchev–Trinajstić information content (AvgIpc) is 2.24. The van der Waals surface area contributed by atoms with Crippen molar-refractivity contribution in [3.8, 4) is 0 Å². The van der Waals surface area contributed by atoms with Gasteiger partial charge in [-0.15, -0.1) is 11.8 Å². The lowest BCUT2D eigenvalue weighted by Crippen LogP contribution is -2.05. The normalized spacial score (nSPS) is 11.8. The Morgan fingerprint density at radius 1 is 1.31 bits per heavy atom. The molecule has 0 aromatic heterocycles. The Hall–Kier alpha value is -0.930. The summed E-state index contributed by atoms with van der Waals surface area (Å²) in [6.07, 6.45) is 0.829. The van der Waals surface area contributed by atoms with Crippen LogP contribution in [0.3, 0.4) is 0 Å². The van der Waals surface area contributed by atoms with Gasteiger partial charge in [0.2, 0.25) is 0 Å². The third-order valence-corrected chi connectivity index (χ3v) is 3.44. The molecule has 1 aromatic rings. The summed E-state index contributed by atoms with van der Waals surface area (Å²) in [5.74, 6) is 0.924. The van der Waals surface area contributed by atoms with Crippen LogP contribution in [0, 0.1) is 13.8 Å². The van der Waals surface area contributed by atoms with Gasteiger partial charge >= 0.3 is 0 Å². The van der Waals surface area contributed by atoms with Crippen LogP contribution < -0.4 is 11.5 Å². The van der Waals surface area contributed by atoms with Crippen molar-refractivity contribution in [3.05, 3.63) is 46.0 Å². The molecule has 1 rings (SSSR count). The van der Waals surface area contributed by atoms with Gasteiger partial charge in [-0.05, 0) is 35.9 Å². The van der Waals surface area contributed by atoms with Gasteiger partial charge in [0.05, 0.1) is 0 Å². The minimum Gasteiger partial charge on any atom is -0.401 e. The van der Waals surface area contributed by atoms with E-state index < -0.39 is 0 Å². The Labute approximate surface area is 102 Å². The van der Waals surface area contributed by atoms with Gasteiger partial charge in [-0.1, -0.05) is 18.2 Å². The third-order valence-electron chi connectivity index (χ3n) is 2.50. The molecule has 0 heterocycles. The first-order chi connectivity index (χ1) is 7.65. The molecule has 88 valence electrons. The summed E-state index contributed by atoms with van der Waals surface area (Å²) in [4.78, 5) is 0. The minimum atomic E-state index is 0.692. The maximum absolute atomic E-state index is 5.98. The molecule has 4 N–H and O–H groups in total. The Kier molecular flexibility index (Phi) is 5.43. The Morgan fingerprint density at radius 2 is 1.94 bits per heavy atom. The number of nitrogens with two attached hydrogens (primary N) is 2. The molecule has 0 bridgehead atoms. The van der Waals surface area contributed by atoms with Crippen LogP contribution in [-0.2, 0) is 6.42 Å². The van der Waals surface area contributed by atoms with Crippen molar-refractivity contribution in [1.82, 2.24) is 0 Å². The molecular weight excluding hydrogens is 216 g/mol. The van der Waals surface area contributed by atoms with E-state index in [0.717, 1.165) is 17.9 Å². The summed E-state index contributed by atoms with van der Waals surface area (Å²) in [5.41, 5.74) is 16.3. The molecule has 0 saturated heterocycles. The van der Waals surface area contributed by atoms with Crippen molar-refractivity contribution in [3.63, 3.8) is 0 Å². The molecule has 0 spiro atoms. The monoisotopic (exact) mass is 236 g/mol. The lowest BCUT2D eigenvalue weighted by molar-refractivity contribution is 1.07. The number of hydrogen-bond acceptors (Lipinski definition) is 3. The van der Waals surface area contributed by atoms with Crippen molar-refractivity contribution in [1.29, 1.82) is 0 Å². The summed E-state index contributed by atoms with van der Waals surface area (Å²) in [5, 5.41) is 2.01. The molecule has 0 amide bonds. The van der Waals surface area contributed by atoms with Gasteiger partial charge in [0.15, 0.2) is 0 Å². The SMILES string of the molecule is Cc1cccc(C)c1C/C(N)=C/SCCN. The predicted octanol–water partition coefficient (Wildman–Crippen LogP) is 2.34. The van der Waals surface area contributed by atoms with Crippen molar-refractivity contribution in [2.24, 2.45) is 11.5 Å². The minimum absolute atomic E-state index is 0.692. The van der Waals surface area contributed by atoms with Gasteiger partial charge < -0.3 is 11.5 Å². The van der Waals surface area contributed by atoms with Crippen LogP contribution in [0.4, 0.5) is 0 Å². The second kappa shape index (κ2) is 6.61. The second-order valence-corrected chi connectivity index (χ2v) is 4.88. The van der Waals surface area contributed by atoms with Crippen molar-refractivity contribution in [2.45, 2.75) is 20.3 Å². The summed E-state index contributed by atoms with van der Waals surface area (Å²) in [7, 11) is 0. The van der Waals surface area contributed by atoms with E-state index >= 15 is 0 Å². The first-order valence-corrected chi connectivity index (χ1v) is 6.51. The molecule has 16 heavy (non-hydrogen) atoms. The van der Waals surface area contributed by atoms with Crippen molar-refractivity contribution >= 4 is 11.8 Å². The lowest BCUT2D eigenvalue weighted by atomic mass is 9.99. The molecule has 0 radical (unpaired) electrons. The van der Waals surface area contributed by atoms with Crippen LogP contribution in [0.1, 0.15) is 16.7 Å². The number of rotatable bonds is 5. The molecule has 3 heteroatoms. The summed E-state index contributed by atoms with van der Waals surface area (Å²) < 4.78 is 0. The van der Waals surface area contributed by atoms with Crippen LogP contribution in [0.15, 0.2) is 29.3 Å². The molecule has 0 aliphatic heterocycles. The number of hydrogen-bond donors (Lipinski definition) is 2. The van der Waals surface area contributed by atoms with Gasteiger partial charge in [0.1, 0.15) is 0 Å². The Bertz CT molecular complexity index is 352. The highest BCUT2D eigenvalue weighted by Gasteiger charge is 2.02. The lowest BCUT2D eigenvalue weighted by Gasteiger charge is -2.09. The second-order valence-electron chi connectivity index (χ2n) is 3.90. The highest BCUT2D eigenvalue weighted by atomic mass is 32.2. The van der Waals surface area contributed by atoms with E-state index in [1.165, 1.54) is 16.7 Å². The van der Waals surface area contributed by atoms with E-state index in [1.54, 1.807) is 11.8 Å². The van der Waals surface area contributed by atoms with Gasteiger partial charge in [-0.3, -0.25) is 0 Å². The fourth-order valence-electron chi connectivity index (χ4n) is 1.61. The van der Waals surface area contributed by atoms with Gasteiger partial charge in [0, 0.05) is 24.4 Å². The number of benzene rings is 1. The van der Waals surface area contributed by atoms with Crippen LogP contribution in [0.2, 0.25) is 0 Å². The zero-order valence-electron chi connectivity index (χ0n) is 9.99. The maximum atomic E-state index is 5.98. The smallest absolute Gasteiger partial charge is 0.0189 e. The van der Waals surface area contributed by atoms with Crippen molar-refractivity contribution in [2.75, 3.05) is 12.3 Å². The highest BCUT2D eigenvalue weighted by Crippen LogP contribution is 2.17. The van der Waals surface area contributed by atoms with E-state index in [2.05, 4.69) is 32.0 Å². The van der Waals surface area contributed by atoms with E-state index in [1.807, 2.05) is 5.41 Å². The maximum Gasteiger partial charge on any atom is 0.0189 e. The van der Waals surface area contributed by atoms with Gasteiger partial charge in [-0.2, -0.15) is 0 Å². The standard InChI is InChI=1S/C13H20N2S/c1-10-4-3-5-11(2)13(10)8-12(15)9-16-7-6-14/h3-5,9H,6-8,14-15H2,1-2H3/b12-9-. The summed E-state index contributed by atoms with van der Waals surface area (Å²) >= 11 is 1.68. The average molecular weight is 236 g/mol. The van der Waals surface area contributed by atoms with Crippen LogP contribution in [0.25, 0.3) is 0 Å². The summed E-state index contributed by atoms with van der Waals surface area (Å²) in [6, 6.07) is 6.34. The largest absolute Gasteiger partial charge is 0.401 e. The van der Waals surface area contributed by atoms with Crippen LogP contribution in [0.5, 0.6) is 0 Å². The van der Waals surface area contributed by atoms with Gasteiger partial charge in [-0.25, -0.2) is 0 Å². The quantitative estimate of drug-likeness (QED) is 0.772. The molecular formula is C13H20N2S. The number of allylic oxidation sites excluding steroid dienone is 1. The fourth-order valence-corrected chi connectivity index (χ4v) is 2.16. The molecule has 0 saturated carbocycles. The molecule has 0 aliphatic rings. The predicted molar refractivity (Wildman–Crippen MR) is 73.4 cm³/mol. The molecule has 0 unspecified atom stereocenters. The number of thioether (sulfide) groups is 1. The van der Waals surface area contributed by atoms with E-state index in [4.69, 9.17) is 11.5 Å². The fraction of sp³-hybridized carbons (Fsp3) is 0.385. The molecule has 0 atom stereocenters. The zero-order valence-corrected chi connectivity index (χ0v) is 10.8. The van der Waals surface area contributed by atoms with Crippen LogP contribution >= 0.6 is 11.8 Å². The zero-order chi connectivity index (χ0) is 12.0. The molecule has 0 fully saturated rings.